The lowest BCUT2D eigenvalue weighted by Crippen LogP contribution is -2.16. The number of rotatable bonds is 4. The van der Waals surface area contributed by atoms with E-state index in [1.807, 2.05) is 50.2 Å². The number of amides is 1. The molecule has 0 aliphatic rings. The standard InChI is InChI=1S/C20H18ClN3O/c1-13-7-5-8-14(2)18(13)24-20(25)15-9-6-12-22-19(15)23-17-11-4-3-10-16(17)21/h3-12H,1-2H3,(H,22,23)(H,24,25). The summed E-state index contributed by atoms with van der Waals surface area (Å²) in [5, 5.41) is 6.68. The van der Waals surface area contributed by atoms with Gasteiger partial charge in [0, 0.05) is 11.9 Å². The topological polar surface area (TPSA) is 54.0 Å². The highest BCUT2D eigenvalue weighted by atomic mass is 35.5. The zero-order chi connectivity index (χ0) is 17.8. The molecule has 0 atom stereocenters. The van der Waals surface area contributed by atoms with Crippen LogP contribution in [-0.2, 0) is 0 Å². The van der Waals surface area contributed by atoms with Gasteiger partial charge in [-0.3, -0.25) is 4.79 Å². The van der Waals surface area contributed by atoms with E-state index in [-0.39, 0.29) is 5.91 Å². The number of halogens is 1. The quantitative estimate of drug-likeness (QED) is 0.666. The Morgan fingerprint density at radius 3 is 2.40 bits per heavy atom. The number of hydrogen-bond acceptors (Lipinski definition) is 3. The van der Waals surface area contributed by atoms with Crippen LogP contribution in [0.3, 0.4) is 0 Å². The van der Waals surface area contributed by atoms with E-state index in [1.54, 1.807) is 24.4 Å². The van der Waals surface area contributed by atoms with Gasteiger partial charge in [-0.15, -0.1) is 0 Å². The molecule has 0 saturated heterocycles. The molecule has 4 nitrogen and oxygen atoms in total. The average Bonchev–Trinajstić information content (AvgIpc) is 2.60. The van der Waals surface area contributed by atoms with E-state index >= 15 is 0 Å². The van der Waals surface area contributed by atoms with Gasteiger partial charge in [-0.05, 0) is 49.2 Å². The molecule has 0 radical (unpaired) electrons. The summed E-state index contributed by atoms with van der Waals surface area (Å²) in [4.78, 5) is 17.1. The predicted octanol–water partition coefficient (Wildman–Crippen LogP) is 5.35. The van der Waals surface area contributed by atoms with Gasteiger partial charge in [-0.25, -0.2) is 4.98 Å². The fraction of sp³-hybridized carbons (Fsp3) is 0.100. The first-order valence-electron chi connectivity index (χ1n) is 7.90. The molecule has 2 N–H and O–H groups in total. The highest BCUT2D eigenvalue weighted by Crippen LogP contribution is 2.26. The van der Waals surface area contributed by atoms with Gasteiger partial charge in [0.15, 0.2) is 0 Å². The van der Waals surface area contributed by atoms with Crippen LogP contribution in [-0.4, -0.2) is 10.9 Å². The number of nitrogens with zero attached hydrogens (tertiary/aromatic N) is 1. The largest absolute Gasteiger partial charge is 0.338 e. The first kappa shape index (κ1) is 17.0. The van der Waals surface area contributed by atoms with E-state index in [0.29, 0.717) is 22.1 Å². The van der Waals surface area contributed by atoms with E-state index in [1.165, 1.54) is 0 Å². The first-order chi connectivity index (χ1) is 12.1. The zero-order valence-corrected chi connectivity index (χ0v) is 14.8. The summed E-state index contributed by atoms with van der Waals surface area (Å²) in [5.74, 6) is 0.236. The number of carbonyl (C=O) groups is 1. The number of para-hydroxylation sites is 2. The molecule has 3 aromatic rings. The minimum absolute atomic E-state index is 0.222. The number of benzene rings is 2. The third-order valence-electron chi connectivity index (χ3n) is 3.90. The molecule has 0 spiro atoms. The molecule has 0 saturated carbocycles. The lowest BCUT2D eigenvalue weighted by molar-refractivity contribution is 0.102. The Balaban J connectivity index is 1.90. The van der Waals surface area contributed by atoms with Crippen molar-refractivity contribution < 1.29 is 4.79 Å². The van der Waals surface area contributed by atoms with Crippen LogP contribution >= 0.6 is 11.6 Å². The summed E-state index contributed by atoms with van der Waals surface area (Å²) in [5.41, 5.74) is 3.99. The highest BCUT2D eigenvalue weighted by molar-refractivity contribution is 6.33. The Morgan fingerprint density at radius 2 is 1.68 bits per heavy atom. The first-order valence-corrected chi connectivity index (χ1v) is 8.28. The molecule has 0 aliphatic heterocycles. The molecule has 5 heteroatoms. The normalized spacial score (nSPS) is 10.4. The Kier molecular flexibility index (Phi) is 5.00. The number of anilines is 3. The monoisotopic (exact) mass is 351 g/mol. The number of hydrogen-bond donors (Lipinski definition) is 2. The van der Waals surface area contributed by atoms with Gasteiger partial charge < -0.3 is 10.6 Å². The van der Waals surface area contributed by atoms with Gasteiger partial charge in [0.25, 0.3) is 5.91 Å². The number of aromatic nitrogens is 1. The molecule has 126 valence electrons. The van der Waals surface area contributed by atoms with Gasteiger partial charge in [0.2, 0.25) is 0 Å². The van der Waals surface area contributed by atoms with E-state index in [0.717, 1.165) is 16.8 Å². The van der Waals surface area contributed by atoms with Crippen LogP contribution in [0.1, 0.15) is 21.5 Å². The van der Waals surface area contributed by atoms with Crippen LogP contribution in [0.4, 0.5) is 17.2 Å². The van der Waals surface area contributed by atoms with Crippen LogP contribution in [0, 0.1) is 13.8 Å². The van der Waals surface area contributed by atoms with E-state index in [2.05, 4.69) is 15.6 Å². The second kappa shape index (κ2) is 7.36. The summed E-state index contributed by atoms with van der Waals surface area (Å²) in [6.07, 6.45) is 1.63. The number of nitrogens with one attached hydrogen (secondary N) is 2. The molecule has 0 bridgehead atoms. The van der Waals surface area contributed by atoms with Gasteiger partial charge in [0.1, 0.15) is 5.82 Å². The average molecular weight is 352 g/mol. The second-order valence-electron chi connectivity index (χ2n) is 5.73. The van der Waals surface area contributed by atoms with Crippen molar-refractivity contribution in [2.24, 2.45) is 0 Å². The van der Waals surface area contributed by atoms with Crippen LogP contribution in [0.5, 0.6) is 0 Å². The lowest BCUT2D eigenvalue weighted by Gasteiger charge is -2.14. The SMILES string of the molecule is Cc1cccc(C)c1NC(=O)c1cccnc1Nc1ccccc1Cl. The minimum Gasteiger partial charge on any atom is -0.338 e. The van der Waals surface area contributed by atoms with Gasteiger partial charge in [0.05, 0.1) is 16.3 Å². The predicted molar refractivity (Wildman–Crippen MR) is 103 cm³/mol. The fourth-order valence-corrected chi connectivity index (χ4v) is 2.75. The summed E-state index contributed by atoms with van der Waals surface area (Å²) >= 11 is 6.19. The molecular formula is C20H18ClN3O. The van der Waals surface area contributed by atoms with Crippen LogP contribution in [0.15, 0.2) is 60.8 Å². The number of aryl methyl sites for hydroxylation is 2. The van der Waals surface area contributed by atoms with E-state index in [4.69, 9.17) is 11.6 Å². The maximum atomic E-state index is 12.8. The van der Waals surface area contributed by atoms with Crippen molar-refractivity contribution in [1.82, 2.24) is 4.98 Å². The molecule has 25 heavy (non-hydrogen) atoms. The van der Waals surface area contributed by atoms with E-state index in [9.17, 15) is 4.79 Å². The molecule has 0 aliphatic carbocycles. The molecule has 1 aromatic heterocycles. The van der Waals surface area contributed by atoms with Crippen molar-refractivity contribution in [1.29, 1.82) is 0 Å². The summed E-state index contributed by atoms with van der Waals surface area (Å²) in [6, 6.07) is 16.7. The van der Waals surface area contributed by atoms with Crippen LogP contribution < -0.4 is 10.6 Å². The maximum absolute atomic E-state index is 12.8. The molecule has 0 fully saturated rings. The van der Waals surface area contributed by atoms with Crippen molar-refractivity contribution >= 4 is 34.7 Å². The molecule has 1 heterocycles. The van der Waals surface area contributed by atoms with E-state index < -0.39 is 0 Å². The maximum Gasteiger partial charge on any atom is 0.259 e. The third kappa shape index (κ3) is 3.80. The smallest absolute Gasteiger partial charge is 0.259 e. The van der Waals surface area contributed by atoms with Crippen molar-refractivity contribution in [3.63, 3.8) is 0 Å². The summed E-state index contributed by atoms with van der Waals surface area (Å²) in [7, 11) is 0. The second-order valence-corrected chi connectivity index (χ2v) is 6.13. The number of pyridine rings is 1. The Hall–Kier alpha value is -2.85. The highest BCUT2D eigenvalue weighted by Gasteiger charge is 2.15. The molecule has 1 amide bonds. The Bertz CT molecular complexity index is 904. The van der Waals surface area contributed by atoms with Crippen molar-refractivity contribution in [2.75, 3.05) is 10.6 Å². The summed E-state index contributed by atoms with van der Waals surface area (Å²) < 4.78 is 0. The van der Waals surface area contributed by atoms with Crippen LogP contribution in [0.25, 0.3) is 0 Å². The third-order valence-corrected chi connectivity index (χ3v) is 4.23. The van der Waals surface area contributed by atoms with Gasteiger partial charge in [-0.1, -0.05) is 41.9 Å². The Morgan fingerprint density at radius 1 is 0.960 bits per heavy atom. The van der Waals surface area contributed by atoms with Crippen molar-refractivity contribution in [2.45, 2.75) is 13.8 Å². The lowest BCUT2D eigenvalue weighted by atomic mass is 10.1. The van der Waals surface area contributed by atoms with Gasteiger partial charge in [-0.2, -0.15) is 0 Å². The van der Waals surface area contributed by atoms with Crippen LogP contribution in [0.2, 0.25) is 5.02 Å². The zero-order valence-electron chi connectivity index (χ0n) is 14.0. The summed E-state index contributed by atoms with van der Waals surface area (Å²) in [6.45, 7) is 3.93. The fourth-order valence-electron chi connectivity index (χ4n) is 2.57. The molecule has 2 aromatic carbocycles. The molecule has 0 unspecified atom stereocenters. The van der Waals surface area contributed by atoms with Gasteiger partial charge >= 0.3 is 0 Å². The minimum atomic E-state index is -0.222. The van der Waals surface area contributed by atoms with Crippen molar-refractivity contribution in [3.05, 3.63) is 82.5 Å². The molecular weight excluding hydrogens is 334 g/mol. The Labute approximate surface area is 151 Å². The molecule has 3 rings (SSSR count). The number of carbonyl (C=O) groups excluding carboxylic acids is 1. The van der Waals surface area contributed by atoms with Crippen molar-refractivity contribution in [3.8, 4) is 0 Å².